The molecular formula is C27H35N5O4. The zero-order valence-corrected chi connectivity index (χ0v) is 21.1. The van der Waals surface area contributed by atoms with Crippen molar-refractivity contribution in [2.24, 2.45) is 11.0 Å². The smallest absolute Gasteiger partial charge is 0.306 e. The van der Waals surface area contributed by atoms with Crippen LogP contribution in [0, 0.1) is 5.92 Å². The molecule has 192 valence electrons. The van der Waals surface area contributed by atoms with Crippen LogP contribution in [0.25, 0.3) is 10.4 Å². The first-order valence-corrected chi connectivity index (χ1v) is 12.3. The summed E-state index contributed by atoms with van der Waals surface area (Å²) in [7, 11) is 0. The van der Waals surface area contributed by atoms with Gasteiger partial charge in [-0.25, -0.2) is 0 Å². The summed E-state index contributed by atoms with van der Waals surface area (Å²) in [4.78, 5) is 42.5. The Morgan fingerprint density at radius 1 is 1.03 bits per heavy atom. The molecule has 0 bridgehead atoms. The molecule has 0 radical (unpaired) electrons. The molecule has 2 amide bonds. The highest BCUT2D eigenvalue weighted by atomic mass is 16.4. The van der Waals surface area contributed by atoms with Crippen LogP contribution in [0.4, 0.5) is 0 Å². The van der Waals surface area contributed by atoms with Gasteiger partial charge in [0.15, 0.2) is 0 Å². The third kappa shape index (κ3) is 8.43. The first-order chi connectivity index (χ1) is 17.3. The molecule has 0 unspecified atom stereocenters. The third-order valence-corrected chi connectivity index (χ3v) is 5.94. The van der Waals surface area contributed by atoms with Crippen LogP contribution in [0.2, 0.25) is 0 Å². The molecule has 0 aliphatic rings. The SMILES string of the molecule is CCCN(CCC)C(=O)c1cccc(C(=O)N[C@@H](Cc2ccccc2)[C@H](C[C@@H](C)C(=O)O)N=[N+]=[N-])c1. The molecule has 0 saturated carbocycles. The van der Waals surface area contributed by atoms with E-state index in [9.17, 15) is 19.5 Å². The molecule has 2 aromatic carbocycles. The van der Waals surface area contributed by atoms with Crippen LogP contribution in [-0.2, 0) is 11.2 Å². The number of rotatable bonds is 14. The molecular weight excluding hydrogens is 458 g/mol. The highest BCUT2D eigenvalue weighted by molar-refractivity contribution is 5.99. The predicted molar refractivity (Wildman–Crippen MR) is 139 cm³/mol. The second kappa shape index (κ2) is 14.5. The van der Waals surface area contributed by atoms with Gasteiger partial charge in [0.1, 0.15) is 0 Å². The monoisotopic (exact) mass is 493 g/mol. The molecule has 0 heterocycles. The number of nitrogens with zero attached hydrogens (tertiary/aromatic N) is 4. The molecule has 36 heavy (non-hydrogen) atoms. The van der Waals surface area contributed by atoms with E-state index in [1.54, 1.807) is 29.2 Å². The first-order valence-electron chi connectivity index (χ1n) is 12.3. The van der Waals surface area contributed by atoms with Crippen molar-refractivity contribution in [3.63, 3.8) is 0 Å². The fourth-order valence-corrected chi connectivity index (χ4v) is 4.06. The summed E-state index contributed by atoms with van der Waals surface area (Å²) in [5, 5.41) is 16.2. The number of hydrogen-bond donors (Lipinski definition) is 2. The number of carbonyl (C=O) groups is 3. The van der Waals surface area contributed by atoms with E-state index >= 15 is 0 Å². The van der Waals surface area contributed by atoms with Crippen molar-refractivity contribution in [1.82, 2.24) is 10.2 Å². The molecule has 0 saturated heterocycles. The maximum absolute atomic E-state index is 13.3. The highest BCUT2D eigenvalue weighted by Crippen LogP contribution is 2.18. The molecule has 9 heteroatoms. The molecule has 0 fully saturated rings. The number of amides is 2. The Morgan fingerprint density at radius 3 is 2.25 bits per heavy atom. The lowest BCUT2D eigenvalue weighted by molar-refractivity contribution is -0.141. The van der Waals surface area contributed by atoms with Gasteiger partial charge < -0.3 is 15.3 Å². The summed E-state index contributed by atoms with van der Waals surface area (Å²) in [6, 6.07) is 14.5. The van der Waals surface area contributed by atoms with E-state index in [-0.39, 0.29) is 12.3 Å². The summed E-state index contributed by atoms with van der Waals surface area (Å²) in [6.07, 6.45) is 2.09. The number of azide groups is 1. The molecule has 0 aliphatic heterocycles. The molecule has 2 N–H and O–H groups in total. The first kappa shape index (κ1) is 28.4. The van der Waals surface area contributed by atoms with Crippen molar-refractivity contribution in [3.8, 4) is 0 Å². The minimum absolute atomic E-state index is 0.0681. The number of benzene rings is 2. The molecule has 0 aromatic heterocycles. The molecule has 9 nitrogen and oxygen atoms in total. The Hall–Kier alpha value is -3.84. The Labute approximate surface area is 212 Å². The minimum Gasteiger partial charge on any atom is -0.481 e. The summed E-state index contributed by atoms with van der Waals surface area (Å²) < 4.78 is 0. The van der Waals surface area contributed by atoms with Crippen LogP contribution < -0.4 is 5.32 Å². The van der Waals surface area contributed by atoms with Gasteiger partial charge in [-0.2, -0.15) is 0 Å². The van der Waals surface area contributed by atoms with E-state index in [0.29, 0.717) is 30.6 Å². The van der Waals surface area contributed by atoms with Crippen molar-refractivity contribution in [1.29, 1.82) is 0 Å². The van der Waals surface area contributed by atoms with Gasteiger partial charge in [-0.15, -0.1) is 0 Å². The van der Waals surface area contributed by atoms with Crippen molar-refractivity contribution in [2.75, 3.05) is 13.1 Å². The summed E-state index contributed by atoms with van der Waals surface area (Å²) >= 11 is 0. The number of nitrogens with one attached hydrogen (secondary N) is 1. The lowest BCUT2D eigenvalue weighted by Gasteiger charge is -2.26. The van der Waals surface area contributed by atoms with E-state index in [1.165, 1.54) is 6.92 Å². The van der Waals surface area contributed by atoms with Crippen LogP contribution in [-0.4, -0.2) is 53.0 Å². The normalized spacial score (nSPS) is 13.1. The summed E-state index contributed by atoms with van der Waals surface area (Å²) in [5.41, 5.74) is 10.8. The van der Waals surface area contributed by atoms with Gasteiger partial charge in [0.25, 0.3) is 11.8 Å². The topological polar surface area (TPSA) is 135 Å². The van der Waals surface area contributed by atoms with Crippen molar-refractivity contribution in [3.05, 3.63) is 81.7 Å². The van der Waals surface area contributed by atoms with Gasteiger partial charge in [0.05, 0.1) is 12.0 Å². The Kier molecular flexibility index (Phi) is 11.5. The molecule has 2 rings (SSSR count). The fraction of sp³-hybridized carbons (Fsp3) is 0.444. The van der Waals surface area contributed by atoms with E-state index in [0.717, 1.165) is 18.4 Å². The zero-order valence-electron chi connectivity index (χ0n) is 21.1. The van der Waals surface area contributed by atoms with Crippen LogP contribution in [0.1, 0.15) is 66.3 Å². The van der Waals surface area contributed by atoms with Gasteiger partial charge in [0.2, 0.25) is 0 Å². The second-order valence-electron chi connectivity index (χ2n) is 8.89. The van der Waals surface area contributed by atoms with Crippen LogP contribution in [0.5, 0.6) is 0 Å². The minimum atomic E-state index is -1.01. The third-order valence-electron chi connectivity index (χ3n) is 5.94. The lowest BCUT2D eigenvalue weighted by Crippen LogP contribution is -2.45. The lowest BCUT2D eigenvalue weighted by atomic mass is 9.92. The van der Waals surface area contributed by atoms with Crippen molar-refractivity contribution >= 4 is 17.8 Å². The average Bonchev–Trinajstić information content (AvgIpc) is 2.88. The Morgan fingerprint density at radius 2 is 1.67 bits per heavy atom. The predicted octanol–water partition coefficient (Wildman–Crippen LogP) is 5.08. The van der Waals surface area contributed by atoms with E-state index < -0.39 is 29.9 Å². The number of carboxylic acid groups (broad SMARTS) is 1. The van der Waals surface area contributed by atoms with Crippen LogP contribution in [0.3, 0.4) is 0 Å². The Balaban J connectivity index is 2.32. The molecule has 0 spiro atoms. The molecule has 2 aromatic rings. The number of carbonyl (C=O) groups excluding carboxylic acids is 2. The van der Waals surface area contributed by atoms with Crippen molar-refractivity contribution < 1.29 is 19.5 Å². The Bertz CT molecular complexity index is 1060. The summed E-state index contributed by atoms with van der Waals surface area (Å²) in [5.74, 6) is -2.33. The van der Waals surface area contributed by atoms with Crippen LogP contribution in [0.15, 0.2) is 59.7 Å². The standard InChI is InChI=1S/C27H35N5O4/c1-4-14-32(15-5-2)26(34)22-13-9-12-21(18-22)25(33)29-23(17-20-10-7-6-8-11-20)24(30-31-28)16-19(3)27(35)36/h6-13,18-19,23-24H,4-5,14-17H2,1-3H3,(H,29,33)(H,35,36)/t19-,23+,24+/m1/s1. The maximum Gasteiger partial charge on any atom is 0.306 e. The van der Waals surface area contributed by atoms with Gasteiger partial charge >= 0.3 is 5.97 Å². The highest BCUT2D eigenvalue weighted by Gasteiger charge is 2.27. The number of aliphatic carboxylic acids is 1. The number of hydrogen-bond acceptors (Lipinski definition) is 4. The van der Waals surface area contributed by atoms with Gasteiger partial charge in [-0.05, 0) is 55.0 Å². The largest absolute Gasteiger partial charge is 0.481 e. The maximum atomic E-state index is 13.3. The van der Waals surface area contributed by atoms with Gasteiger partial charge in [0, 0.05) is 35.2 Å². The van der Waals surface area contributed by atoms with E-state index in [4.69, 9.17) is 5.53 Å². The zero-order chi connectivity index (χ0) is 26.5. The van der Waals surface area contributed by atoms with E-state index in [2.05, 4.69) is 15.3 Å². The van der Waals surface area contributed by atoms with E-state index in [1.807, 2.05) is 44.2 Å². The molecule has 0 aliphatic carbocycles. The fourth-order valence-electron chi connectivity index (χ4n) is 4.06. The van der Waals surface area contributed by atoms with Gasteiger partial charge in [-0.3, -0.25) is 14.4 Å². The quantitative estimate of drug-likeness (QED) is 0.215. The van der Waals surface area contributed by atoms with Crippen LogP contribution >= 0.6 is 0 Å². The second-order valence-corrected chi connectivity index (χ2v) is 8.89. The number of carboxylic acids is 1. The van der Waals surface area contributed by atoms with Gasteiger partial charge in [-0.1, -0.05) is 62.3 Å². The summed E-state index contributed by atoms with van der Waals surface area (Å²) in [6.45, 7) is 6.84. The average molecular weight is 494 g/mol. The molecule has 3 atom stereocenters. The van der Waals surface area contributed by atoms with Crippen molar-refractivity contribution in [2.45, 2.75) is 58.5 Å².